The van der Waals surface area contributed by atoms with Gasteiger partial charge in [-0.3, -0.25) is 0 Å². The van der Waals surface area contributed by atoms with Crippen LogP contribution in [0.25, 0.3) is 0 Å². The third kappa shape index (κ3) is 1.93. The highest BCUT2D eigenvalue weighted by molar-refractivity contribution is 7.91. The van der Waals surface area contributed by atoms with Gasteiger partial charge in [-0.2, -0.15) is 0 Å². The summed E-state index contributed by atoms with van der Waals surface area (Å²) in [6, 6.07) is 0. The lowest BCUT2D eigenvalue weighted by atomic mass is 10.1. The predicted octanol–water partition coefficient (Wildman–Crippen LogP) is 1.05. The van der Waals surface area contributed by atoms with E-state index < -0.39 is 9.84 Å². The van der Waals surface area contributed by atoms with E-state index in [0.29, 0.717) is 12.3 Å². The van der Waals surface area contributed by atoms with E-state index in [1.165, 1.54) is 0 Å². The second-order valence-electron chi connectivity index (χ2n) is 3.53. The summed E-state index contributed by atoms with van der Waals surface area (Å²) in [7, 11) is -2.83. The maximum absolute atomic E-state index is 11.2. The SMILES string of the molecule is O=S1(=O)CCC(c2ncc(CCl)[nH]2)C1. The molecule has 0 bridgehead atoms. The number of hydrogen-bond donors (Lipinski definition) is 1. The summed E-state index contributed by atoms with van der Waals surface area (Å²) < 4.78 is 22.4. The summed E-state index contributed by atoms with van der Waals surface area (Å²) in [5, 5.41) is 0. The van der Waals surface area contributed by atoms with Crippen LogP contribution >= 0.6 is 11.6 Å². The maximum Gasteiger partial charge on any atom is 0.151 e. The molecule has 1 N–H and O–H groups in total. The van der Waals surface area contributed by atoms with Crippen LogP contribution in [0.15, 0.2) is 6.20 Å². The number of nitrogens with one attached hydrogen (secondary N) is 1. The third-order valence-electron chi connectivity index (χ3n) is 2.41. The van der Waals surface area contributed by atoms with Crippen molar-refractivity contribution in [1.29, 1.82) is 0 Å². The van der Waals surface area contributed by atoms with Crippen molar-refractivity contribution in [3.63, 3.8) is 0 Å². The maximum atomic E-state index is 11.2. The highest BCUT2D eigenvalue weighted by Gasteiger charge is 2.30. The van der Waals surface area contributed by atoms with E-state index in [1.807, 2.05) is 0 Å². The molecule has 1 atom stereocenters. The number of alkyl halides is 1. The smallest absolute Gasteiger partial charge is 0.151 e. The Kier molecular flexibility index (Phi) is 2.53. The largest absolute Gasteiger partial charge is 0.345 e. The highest BCUT2D eigenvalue weighted by Crippen LogP contribution is 2.26. The van der Waals surface area contributed by atoms with Crippen LogP contribution in [0.3, 0.4) is 0 Å². The Labute approximate surface area is 87.6 Å². The molecule has 1 aliphatic heterocycles. The van der Waals surface area contributed by atoms with E-state index in [-0.39, 0.29) is 17.4 Å². The van der Waals surface area contributed by atoms with E-state index in [0.717, 1.165) is 11.5 Å². The molecule has 6 heteroatoms. The Hall–Kier alpha value is -0.550. The van der Waals surface area contributed by atoms with Crippen molar-refractivity contribution in [1.82, 2.24) is 9.97 Å². The van der Waals surface area contributed by atoms with Gasteiger partial charge < -0.3 is 4.98 Å². The third-order valence-corrected chi connectivity index (χ3v) is 4.47. The quantitative estimate of drug-likeness (QED) is 0.778. The molecule has 0 saturated carbocycles. The first-order valence-corrected chi connectivity index (χ1v) is 6.76. The van der Waals surface area contributed by atoms with Gasteiger partial charge >= 0.3 is 0 Å². The minimum atomic E-state index is -2.83. The second-order valence-corrected chi connectivity index (χ2v) is 6.02. The van der Waals surface area contributed by atoms with Crippen molar-refractivity contribution in [3.8, 4) is 0 Å². The molecule has 78 valence electrons. The normalized spacial score (nSPS) is 25.4. The monoisotopic (exact) mass is 234 g/mol. The highest BCUT2D eigenvalue weighted by atomic mass is 35.5. The van der Waals surface area contributed by atoms with E-state index in [2.05, 4.69) is 9.97 Å². The van der Waals surface area contributed by atoms with E-state index in [4.69, 9.17) is 11.6 Å². The Balaban J connectivity index is 2.17. The molecule has 14 heavy (non-hydrogen) atoms. The van der Waals surface area contributed by atoms with E-state index in [9.17, 15) is 8.42 Å². The number of nitrogens with zero attached hydrogens (tertiary/aromatic N) is 1. The molecule has 1 saturated heterocycles. The van der Waals surface area contributed by atoms with Crippen molar-refractivity contribution in [2.45, 2.75) is 18.2 Å². The van der Waals surface area contributed by atoms with Crippen LogP contribution in [0.4, 0.5) is 0 Å². The van der Waals surface area contributed by atoms with Crippen LogP contribution in [0.1, 0.15) is 23.9 Å². The number of sulfone groups is 1. The minimum Gasteiger partial charge on any atom is -0.345 e. The fourth-order valence-electron chi connectivity index (χ4n) is 1.66. The van der Waals surface area contributed by atoms with Crippen LogP contribution < -0.4 is 0 Å². The molecule has 1 unspecified atom stereocenters. The molecule has 2 heterocycles. The Morgan fingerprint density at radius 2 is 2.43 bits per heavy atom. The molecule has 0 radical (unpaired) electrons. The minimum absolute atomic E-state index is 0.0250. The Bertz CT molecular complexity index is 426. The van der Waals surface area contributed by atoms with Crippen LogP contribution in [0.5, 0.6) is 0 Å². The van der Waals surface area contributed by atoms with Crippen LogP contribution in [-0.4, -0.2) is 29.9 Å². The first kappa shape index (κ1) is 9.98. The summed E-state index contributed by atoms with van der Waals surface area (Å²) in [5.41, 5.74) is 0.839. The van der Waals surface area contributed by atoms with Gasteiger partial charge in [0.2, 0.25) is 0 Å². The van der Waals surface area contributed by atoms with Gasteiger partial charge in [0.1, 0.15) is 5.82 Å². The number of hydrogen-bond acceptors (Lipinski definition) is 3. The Morgan fingerprint density at radius 3 is 2.93 bits per heavy atom. The summed E-state index contributed by atoms with van der Waals surface area (Å²) in [4.78, 5) is 7.17. The number of imidazole rings is 1. The second kappa shape index (κ2) is 3.55. The van der Waals surface area contributed by atoms with Crippen LogP contribution in [0.2, 0.25) is 0 Å². The van der Waals surface area contributed by atoms with Crippen LogP contribution in [0, 0.1) is 0 Å². The van der Waals surface area contributed by atoms with Crippen molar-refractivity contribution >= 4 is 21.4 Å². The molecular weight excluding hydrogens is 224 g/mol. The van der Waals surface area contributed by atoms with Gasteiger partial charge in [-0.25, -0.2) is 13.4 Å². The summed E-state index contributed by atoms with van der Waals surface area (Å²) in [6.45, 7) is 0. The van der Waals surface area contributed by atoms with Gasteiger partial charge in [0, 0.05) is 17.8 Å². The number of aromatic amines is 1. The topological polar surface area (TPSA) is 62.8 Å². The van der Waals surface area contributed by atoms with E-state index in [1.54, 1.807) is 6.20 Å². The predicted molar refractivity (Wildman–Crippen MR) is 54.2 cm³/mol. The fraction of sp³-hybridized carbons (Fsp3) is 0.625. The fourth-order valence-corrected chi connectivity index (χ4v) is 3.55. The molecule has 1 aromatic heterocycles. The zero-order chi connectivity index (χ0) is 10.2. The number of halogens is 1. The lowest BCUT2D eigenvalue weighted by Gasteiger charge is -2.01. The molecule has 0 spiro atoms. The molecule has 1 aliphatic rings. The van der Waals surface area contributed by atoms with E-state index >= 15 is 0 Å². The average Bonchev–Trinajstić information content (AvgIpc) is 2.70. The first-order chi connectivity index (χ1) is 6.61. The Morgan fingerprint density at radius 1 is 1.64 bits per heavy atom. The summed E-state index contributed by atoms with van der Waals surface area (Å²) >= 11 is 5.61. The van der Waals surface area contributed by atoms with Crippen LogP contribution in [-0.2, 0) is 15.7 Å². The molecule has 0 amide bonds. The number of aromatic nitrogens is 2. The standard InChI is InChI=1S/C8H11ClN2O2S/c9-3-7-4-10-8(11-7)6-1-2-14(12,13)5-6/h4,6H,1-3,5H2,(H,10,11). The average molecular weight is 235 g/mol. The van der Waals surface area contributed by atoms with Crippen molar-refractivity contribution in [3.05, 3.63) is 17.7 Å². The molecular formula is C8H11ClN2O2S. The molecule has 1 fully saturated rings. The van der Waals surface area contributed by atoms with Gasteiger partial charge in [0.15, 0.2) is 9.84 Å². The van der Waals surface area contributed by atoms with Gasteiger partial charge in [0.25, 0.3) is 0 Å². The van der Waals surface area contributed by atoms with Gasteiger partial charge in [0.05, 0.1) is 17.4 Å². The first-order valence-electron chi connectivity index (χ1n) is 4.41. The molecule has 1 aromatic rings. The molecule has 2 rings (SSSR count). The molecule has 0 aliphatic carbocycles. The lowest BCUT2D eigenvalue weighted by Crippen LogP contribution is -2.05. The van der Waals surface area contributed by atoms with Crippen molar-refractivity contribution < 1.29 is 8.42 Å². The summed E-state index contributed by atoms with van der Waals surface area (Å²) in [6.07, 6.45) is 2.32. The van der Waals surface area contributed by atoms with Crippen molar-refractivity contribution in [2.75, 3.05) is 11.5 Å². The van der Waals surface area contributed by atoms with Gasteiger partial charge in [-0.15, -0.1) is 11.6 Å². The lowest BCUT2D eigenvalue weighted by molar-refractivity contribution is 0.601. The zero-order valence-electron chi connectivity index (χ0n) is 7.53. The van der Waals surface area contributed by atoms with Gasteiger partial charge in [-0.1, -0.05) is 0 Å². The number of H-pyrrole nitrogens is 1. The number of rotatable bonds is 2. The van der Waals surface area contributed by atoms with Crippen molar-refractivity contribution in [2.24, 2.45) is 0 Å². The summed E-state index contributed by atoms with van der Waals surface area (Å²) in [5.74, 6) is 1.64. The molecule has 4 nitrogen and oxygen atoms in total. The zero-order valence-corrected chi connectivity index (χ0v) is 9.11. The molecule has 0 aromatic carbocycles. The van der Waals surface area contributed by atoms with Gasteiger partial charge in [-0.05, 0) is 6.42 Å².